The Kier molecular flexibility index (Phi) is 11.3. The molecule has 0 spiro atoms. The SMILES string of the molecule is CC1(C)S[C@@H]2[C@H](NC(=O)[C@H](N)c3ccccc3)C(=O)N2C1C(=O)OCOC(=O)[C@@H]1N2C(=O)C[C@H]2S(=O)(=O)C1(C)C.Cc1ccc(S(=O)(=O)O)cc1.O. The lowest BCUT2D eigenvalue weighted by atomic mass is 9.95. The lowest BCUT2D eigenvalue weighted by Crippen LogP contribution is -2.71. The van der Waals surface area contributed by atoms with Gasteiger partial charge in [0.25, 0.3) is 10.1 Å². The molecule has 4 aliphatic heterocycles. The number of amides is 3. The summed E-state index contributed by atoms with van der Waals surface area (Å²) < 4.78 is 62.9. The van der Waals surface area contributed by atoms with Gasteiger partial charge in [0, 0.05) is 4.75 Å². The van der Waals surface area contributed by atoms with Crippen molar-refractivity contribution in [3.8, 4) is 0 Å². The van der Waals surface area contributed by atoms with Crippen molar-refractivity contribution in [2.75, 3.05) is 6.79 Å². The Morgan fingerprint density at radius 3 is 2.08 bits per heavy atom. The first-order valence-electron chi connectivity index (χ1n) is 15.6. The molecule has 52 heavy (non-hydrogen) atoms. The minimum atomic E-state index is -4.02. The van der Waals surface area contributed by atoms with E-state index in [0.29, 0.717) is 5.56 Å². The fourth-order valence-electron chi connectivity index (χ4n) is 6.40. The first-order chi connectivity index (χ1) is 23.6. The number of carbonyl (C=O) groups excluding carboxylic acids is 5. The summed E-state index contributed by atoms with van der Waals surface area (Å²) >= 11 is 1.31. The molecule has 0 aromatic heterocycles. The van der Waals surface area contributed by atoms with E-state index in [4.69, 9.17) is 19.8 Å². The van der Waals surface area contributed by atoms with E-state index < -0.39 is 101 Å². The second-order valence-corrected chi connectivity index (χ2v) is 19.4. The molecule has 2 aromatic carbocycles. The van der Waals surface area contributed by atoms with E-state index >= 15 is 0 Å². The lowest BCUT2D eigenvalue weighted by Gasteiger charge is -2.44. The predicted octanol–water partition coefficient (Wildman–Crippen LogP) is -0.172. The first-order valence-corrected chi connectivity index (χ1v) is 19.5. The number of sulfone groups is 1. The average molecular weight is 785 g/mol. The van der Waals surface area contributed by atoms with Gasteiger partial charge in [-0.3, -0.25) is 18.9 Å². The number of esters is 2. The largest absolute Gasteiger partial charge is 0.426 e. The van der Waals surface area contributed by atoms with Gasteiger partial charge in [0.15, 0.2) is 9.84 Å². The van der Waals surface area contributed by atoms with Gasteiger partial charge in [-0.2, -0.15) is 8.42 Å². The molecular weight excluding hydrogens is 745 g/mol. The van der Waals surface area contributed by atoms with Gasteiger partial charge in [-0.05, 0) is 52.3 Å². The van der Waals surface area contributed by atoms with E-state index in [1.54, 1.807) is 56.3 Å². The van der Waals surface area contributed by atoms with Crippen LogP contribution in [0, 0.1) is 6.92 Å². The molecule has 6 N–H and O–H groups in total. The van der Waals surface area contributed by atoms with Crippen molar-refractivity contribution in [3.05, 3.63) is 65.7 Å². The molecule has 17 nitrogen and oxygen atoms in total. The number of nitrogens with one attached hydrogen (secondary N) is 1. The number of fused-ring (bicyclic) bond motifs is 2. The minimum absolute atomic E-state index is 0. The number of nitrogens with zero attached hydrogens (tertiary/aromatic N) is 2. The first kappa shape index (κ1) is 40.7. The van der Waals surface area contributed by atoms with Crippen LogP contribution < -0.4 is 11.1 Å². The highest BCUT2D eigenvalue weighted by Crippen LogP contribution is 2.51. The van der Waals surface area contributed by atoms with Gasteiger partial charge in [0.1, 0.15) is 34.9 Å². The third-order valence-corrected chi connectivity index (χ3v) is 14.6. The number of hydrogen-bond donors (Lipinski definition) is 3. The highest BCUT2D eigenvalue weighted by Gasteiger charge is 2.68. The number of rotatable bonds is 8. The topological polar surface area (TPSA) is 268 Å². The quantitative estimate of drug-likeness (QED) is 0.136. The molecule has 284 valence electrons. The molecule has 2 aromatic rings. The average Bonchev–Trinajstić information content (AvgIpc) is 3.38. The summed E-state index contributed by atoms with van der Waals surface area (Å²) in [5.74, 6) is -3.32. The standard InChI is InChI=1S/C25H30N4O9S2.C7H8O3S.H2O/c1-24(2)17(29-20(32)16(21(29)39-24)27-19(31)15(26)12-8-6-5-7-9-12)22(33)37-11-38-23(34)18-25(3,4)40(35,36)14-10-13(30)28(14)18;1-6-2-4-7(5-3-6)11(8,9)10;/h5-9,14-18,21H,10-11,26H2,1-4H3,(H,27,31);2-5H,1H3,(H,8,9,10);1H2/t14-,15-,16-,17?,18+,21-;;/m1../s1. The van der Waals surface area contributed by atoms with Crippen LogP contribution in [0.1, 0.15) is 51.3 Å². The van der Waals surface area contributed by atoms with Crippen LogP contribution in [0.2, 0.25) is 0 Å². The molecule has 4 fully saturated rings. The smallest absolute Gasteiger partial charge is 0.333 e. The van der Waals surface area contributed by atoms with Crippen molar-refractivity contribution in [1.29, 1.82) is 0 Å². The molecule has 6 atom stereocenters. The third kappa shape index (κ3) is 7.14. The highest BCUT2D eigenvalue weighted by atomic mass is 32.2. The maximum atomic E-state index is 13.0. The Labute approximate surface area is 304 Å². The number of aryl methyl sites for hydroxylation is 1. The summed E-state index contributed by atoms with van der Waals surface area (Å²) in [6, 6.07) is 10.4. The second kappa shape index (κ2) is 14.4. The van der Waals surface area contributed by atoms with Crippen LogP contribution in [0.4, 0.5) is 0 Å². The summed E-state index contributed by atoms with van der Waals surface area (Å²) in [5, 5.41) is 1.07. The molecule has 0 saturated carbocycles. The minimum Gasteiger partial charge on any atom is -0.426 e. The van der Waals surface area contributed by atoms with Crippen LogP contribution in [-0.2, 0) is 53.4 Å². The molecule has 0 bridgehead atoms. The maximum absolute atomic E-state index is 13.0. The Balaban J connectivity index is 0.000000433. The maximum Gasteiger partial charge on any atom is 0.333 e. The Hall–Kier alpha value is -4.08. The second-order valence-electron chi connectivity index (χ2n) is 13.5. The van der Waals surface area contributed by atoms with Gasteiger partial charge in [-0.25, -0.2) is 18.0 Å². The van der Waals surface area contributed by atoms with Gasteiger partial charge < -0.3 is 35.8 Å². The van der Waals surface area contributed by atoms with Crippen LogP contribution in [0.3, 0.4) is 0 Å². The van der Waals surface area contributed by atoms with Crippen molar-refractivity contribution >= 4 is 61.4 Å². The molecule has 3 amide bonds. The summed E-state index contributed by atoms with van der Waals surface area (Å²) in [7, 11) is -7.82. The highest BCUT2D eigenvalue weighted by molar-refractivity contribution is 8.01. The summed E-state index contributed by atoms with van der Waals surface area (Å²) in [6.07, 6.45) is -0.191. The zero-order valence-electron chi connectivity index (χ0n) is 28.7. The number of nitrogens with two attached hydrogens (primary N) is 1. The number of benzene rings is 2. The normalized spacial score (nSPS) is 26.5. The van der Waals surface area contributed by atoms with Crippen LogP contribution in [0.15, 0.2) is 59.5 Å². The summed E-state index contributed by atoms with van der Waals surface area (Å²) in [5.41, 5.74) is 7.59. The van der Waals surface area contributed by atoms with E-state index in [-0.39, 0.29) is 16.8 Å². The monoisotopic (exact) mass is 784 g/mol. The van der Waals surface area contributed by atoms with E-state index in [0.717, 1.165) is 10.5 Å². The Morgan fingerprint density at radius 1 is 0.981 bits per heavy atom. The van der Waals surface area contributed by atoms with E-state index in [2.05, 4.69) is 5.32 Å². The number of carbonyl (C=O) groups is 5. The molecule has 1 unspecified atom stereocenters. The molecule has 20 heteroatoms. The van der Waals surface area contributed by atoms with Gasteiger partial charge >= 0.3 is 11.9 Å². The van der Waals surface area contributed by atoms with Crippen molar-refractivity contribution in [3.63, 3.8) is 0 Å². The van der Waals surface area contributed by atoms with E-state index in [1.165, 1.54) is 42.6 Å². The van der Waals surface area contributed by atoms with Crippen molar-refractivity contribution in [2.45, 2.75) is 90.3 Å². The molecule has 0 radical (unpaired) electrons. The molecule has 4 heterocycles. The van der Waals surface area contributed by atoms with E-state index in [1.807, 2.05) is 6.92 Å². The van der Waals surface area contributed by atoms with Gasteiger partial charge in [-0.15, -0.1) is 11.8 Å². The van der Waals surface area contributed by atoms with Crippen LogP contribution in [-0.4, -0.2) is 111 Å². The lowest BCUT2D eigenvalue weighted by molar-refractivity contribution is -0.181. The number of hydrogen-bond acceptors (Lipinski definition) is 13. The fraction of sp³-hybridized carbons (Fsp3) is 0.469. The zero-order chi connectivity index (χ0) is 37.8. The molecule has 0 aliphatic carbocycles. The Bertz CT molecular complexity index is 1970. The van der Waals surface area contributed by atoms with Crippen LogP contribution >= 0.6 is 11.8 Å². The van der Waals surface area contributed by atoms with Gasteiger partial charge in [0.05, 0.1) is 16.1 Å². The number of ether oxygens (including phenoxy) is 2. The number of thioether (sulfide) groups is 1. The fourth-order valence-corrected chi connectivity index (χ4v) is 10.6. The summed E-state index contributed by atoms with van der Waals surface area (Å²) in [4.78, 5) is 65.8. The van der Waals surface area contributed by atoms with Crippen LogP contribution in [0.25, 0.3) is 0 Å². The Morgan fingerprint density at radius 2 is 1.54 bits per heavy atom. The molecular formula is C32H40N4O13S3. The van der Waals surface area contributed by atoms with Crippen LogP contribution in [0.5, 0.6) is 0 Å². The summed E-state index contributed by atoms with van der Waals surface area (Å²) in [6.45, 7) is 7.21. The zero-order valence-corrected chi connectivity index (χ0v) is 31.2. The molecule has 4 saturated heterocycles. The number of β-lactam (4-membered cyclic amide) rings is 2. The van der Waals surface area contributed by atoms with Gasteiger partial charge in [-0.1, -0.05) is 48.0 Å². The van der Waals surface area contributed by atoms with Crippen molar-refractivity contribution in [1.82, 2.24) is 15.1 Å². The third-order valence-electron chi connectivity index (χ3n) is 9.32. The van der Waals surface area contributed by atoms with Crippen molar-refractivity contribution < 1.29 is 60.3 Å². The molecule has 4 aliphatic rings. The van der Waals surface area contributed by atoms with E-state index in [9.17, 15) is 40.8 Å². The van der Waals surface area contributed by atoms with Crippen molar-refractivity contribution in [2.24, 2.45) is 5.73 Å². The predicted molar refractivity (Wildman–Crippen MR) is 185 cm³/mol. The van der Waals surface area contributed by atoms with Gasteiger partial charge in [0.2, 0.25) is 24.5 Å². The molecule has 6 rings (SSSR count).